The Morgan fingerprint density at radius 2 is 2.15 bits per heavy atom. The maximum absolute atomic E-state index is 14.1. The Kier molecular flexibility index (Phi) is 3.52. The lowest BCUT2D eigenvalue weighted by Crippen LogP contribution is -2.27. The third kappa shape index (κ3) is 2.81. The zero-order chi connectivity index (χ0) is 14.9. The molecule has 20 heavy (non-hydrogen) atoms. The highest BCUT2D eigenvalue weighted by molar-refractivity contribution is 5.91. The third-order valence-electron chi connectivity index (χ3n) is 2.38. The smallest absolute Gasteiger partial charge is 0.412 e. The Labute approximate surface area is 114 Å². The summed E-state index contributed by atoms with van der Waals surface area (Å²) in [5.41, 5.74) is -1.24. The molecule has 0 bridgehead atoms. The van der Waals surface area contributed by atoms with Gasteiger partial charge in [-0.3, -0.25) is 10.1 Å². The number of rotatable bonds is 2. The molecule has 0 radical (unpaired) electrons. The minimum atomic E-state index is -0.893. The molecule has 0 fully saturated rings. The summed E-state index contributed by atoms with van der Waals surface area (Å²) >= 11 is 0. The van der Waals surface area contributed by atoms with Gasteiger partial charge in [0, 0.05) is 0 Å². The number of aldehydes is 1. The van der Waals surface area contributed by atoms with Crippen molar-refractivity contribution in [2.75, 3.05) is 12.1 Å². The lowest BCUT2D eigenvalue weighted by molar-refractivity contribution is 0.0634. The molecule has 7 heteroatoms. The van der Waals surface area contributed by atoms with Crippen LogP contribution in [0.5, 0.6) is 11.5 Å². The number of halogens is 1. The molecule has 0 unspecified atom stereocenters. The Morgan fingerprint density at radius 3 is 2.75 bits per heavy atom. The van der Waals surface area contributed by atoms with Crippen molar-refractivity contribution in [3.63, 3.8) is 0 Å². The fourth-order valence-corrected chi connectivity index (χ4v) is 1.64. The number of ether oxygens (including phenoxy) is 3. The molecule has 1 aliphatic rings. The van der Waals surface area contributed by atoms with Crippen molar-refractivity contribution < 1.29 is 28.2 Å². The van der Waals surface area contributed by atoms with Crippen LogP contribution in [0, 0.1) is 5.82 Å². The van der Waals surface area contributed by atoms with E-state index in [4.69, 9.17) is 14.2 Å². The summed E-state index contributed by atoms with van der Waals surface area (Å²) in [5, 5.41) is 2.24. The van der Waals surface area contributed by atoms with Gasteiger partial charge in [0.25, 0.3) is 0 Å². The fraction of sp³-hybridized carbons (Fsp3) is 0.385. The number of fused-ring (bicyclic) bond motifs is 1. The van der Waals surface area contributed by atoms with Crippen molar-refractivity contribution in [1.82, 2.24) is 0 Å². The third-order valence-corrected chi connectivity index (χ3v) is 2.38. The van der Waals surface area contributed by atoms with Gasteiger partial charge in [0.15, 0.2) is 23.6 Å². The molecule has 108 valence electrons. The summed E-state index contributed by atoms with van der Waals surface area (Å²) in [6.07, 6.45) is -0.519. The van der Waals surface area contributed by atoms with E-state index in [0.29, 0.717) is 6.29 Å². The SMILES string of the molecule is CC(C)(C)OC(=O)Nc1c(F)c(C=O)cc2c1OCO2. The molecular weight excluding hydrogens is 269 g/mol. The van der Waals surface area contributed by atoms with Crippen molar-refractivity contribution in [3.8, 4) is 11.5 Å². The van der Waals surface area contributed by atoms with Crippen molar-refractivity contribution in [1.29, 1.82) is 0 Å². The topological polar surface area (TPSA) is 73.9 Å². The molecular formula is C13H14FNO5. The highest BCUT2D eigenvalue weighted by Crippen LogP contribution is 2.42. The fourth-order valence-electron chi connectivity index (χ4n) is 1.64. The van der Waals surface area contributed by atoms with Crippen molar-refractivity contribution in [2.45, 2.75) is 26.4 Å². The van der Waals surface area contributed by atoms with Crippen molar-refractivity contribution >= 4 is 18.1 Å². The predicted molar refractivity (Wildman–Crippen MR) is 67.8 cm³/mol. The first-order chi connectivity index (χ1) is 9.31. The van der Waals surface area contributed by atoms with Gasteiger partial charge in [0.1, 0.15) is 11.3 Å². The molecule has 6 nitrogen and oxygen atoms in total. The zero-order valence-corrected chi connectivity index (χ0v) is 11.3. The quantitative estimate of drug-likeness (QED) is 0.845. The van der Waals surface area contributed by atoms with Crippen LogP contribution < -0.4 is 14.8 Å². The van der Waals surface area contributed by atoms with E-state index in [1.165, 1.54) is 6.07 Å². The van der Waals surface area contributed by atoms with E-state index in [0.717, 1.165) is 0 Å². The molecule has 1 N–H and O–H groups in total. The van der Waals surface area contributed by atoms with Crippen LogP contribution in [0.1, 0.15) is 31.1 Å². The Balaban J connectivity index is 2.34. The van der Waals surface area contributed by atoms with Crippen molar-refractivity contribution in [3.05, 3.63) is 17.4 Å². The first-order valence-corrected chi connectivity index (χ1v) is 5.89. The van der Waals surface area contributed by atoms with E-state index in [1.807, 2.05) is 0 Å². The van der Waals surface area contributed by atoms with E-state index in [2.05, 4.69) is 5.32 Å². The normalized spacial score (nSPS) is 13.0. The second kappa shape index (κ2) is 4.99. The van der Waals surface area contributed by atoms with Crippen LogP contribution in [-0.4, -0.2) is 24.8 Å². The lowest BCUT2D eigenvalue weighted by atomic mass is 10.1. The lowest BCUT2D eigenvalue weighted by Gasteiger charge is -2.20. The van der Waals surface area contributed by atoms with Gasteiger partial charge in [-0.25, -0.2) is 9.18 Å². The van der Waals surface area contributed by atoms with Gasteiger partial charge in [-0.1, -0.05) is 0 Å². The van der Waals surface area contributed by atoms with E-state index in [1.54, 1.807) is 20.8 Å². The van der Waals surface area contributed by atoms with Crippen LogP contribution in [0.3, 0.4) is 0 Å². The second-order valence-corrected chi connectivity index (χ2v) is 5.13. The summed E-state index contributed by atoms with van der Waals surface area (Å²) in [7, 11) is 0. The second-order valence-electron chi connectivity index (χ2n) is 5.13. The van der Waals surface area contributed by atoms with E-state index >= 15 is 0 Å². The highest BCUT2D eigenvalue weighted by atomic mass is 19.1. The highest BCUT2D eigenvalue weighted by Gasteiger charge is 2.27. The van der Waals surface area contributed by atoms with Gasteiger partial charge < -0.3 is 14.2 Å². The van der Waals surface area contributed by atoms with Gasteiger partial charge in [0.2, 0.25) is 6.79 Å². The number of carbonyl (C=O) groups excluding carboxylic acids is 2. The van der Waals surface area contributed by atoms with Crippen LogP contribution in [0.15, 0.2) is 6.07 Å². The summed E-state index contributed by atoms with van der Waals surface area (Å²) < 4.78 is 29.3. The largest absolute Gasteiger partial charge is 0.453 e. The predicted octanol–water partition coefficient (Wildman–Crippen LogP) is 2.71. The summed E-state index contributed by atoms with van der Waals surface area (Å²) in [6.45, 7) is 4.92. The van der Waals surface area contributed by atoms with E-state index in [9.17, 15) is 14.0 Å². The molecule has 0 saturated carbocycles. The van der Waals surface area contributed by atoms with Crippen LogP contribution in [-0.2, 0) is 4.74 Å². The zero-order valence-electron chi connectivity index (χ0n) is 11.3. The summed E-state index contributed by atoms with van der Waals surface area (Å²) in [4.78, 5) is 22.5. The molecule has 1 aromatic carbocycles. The van der Waals surface area contributed by atoms with Gasteiger partial charge in [-0.05, 0) is 26.8 Å². The first kappa shape index (κ1) is 14.1. The van der Waals surface area contributed by atoms with Crippen LogP contribution in [0.25, 0.3) is 0 Å². The number of carbonyl (C=O) groups is 2. The number of amides is 1. The maximum atomic E-state index is 14.1. The number of nitrogens with one attached hydrogen (secondary N) is 1. The Hall–Kier alpha value is -2.31. The number of anilines is 1. The summed E-state index contributed by atoms with van der Waals surface area (Å²) in [6, 6.07) is 1.21. The minimum absolute atomic E-state index is 0.0407. The molecule has 1 amide bonds. The van der Waals surface area contributed by atoms with E-state index < -0.39 is 17.5 Å². The monoisotopic (exact) mass is 283 g/mol. The van der Waals surface area contributed by atoms with Crippen LogP contribution >= 0.6 is 0 Å². The molecule has 2 rings (SSSR count). The first-order valence-electron chi connectivity index (χ1n) is 5.89. The molecule has 0 atom stereocenters. The van der Waals surface area contributed by atoms with Gasteiger partial charge >= 0.3 is 6.09 Å². The van der Waals surface area contributed by atoms with Gasteiger partial charge in [0.05, 0.1) is 5.56 Å². The maximum Gasteiger partial charge on any atom is 0.412 e. The molecule has 0 aliphatic carbocycles. The molecule has 0 saturated heterocycles. The molecule has 0 aromatic heterocycles. The standard InChI is InChI=1S/C13H14FNO5/c1-13(2,3)20-12(17)15-10-9(14)7(5-16)4-8-11(10)19-6-18-8/h4-5H,6H2,1-3H3,(H,15,17). The molecule has 1 aromatic rings. The molecule has 0 spiro atoms. The summed E-state index contributed by atoms with van der Waals surface area (Å²) in [5.74, 6) is -0.659. The number of benzene rings is 1. The number of hydrogen-bond acceptors (Lipinski definition) is 5. The average molecular weight is 283 g/mol. The van der Waals surface area contributed by atoms with E-state index in [-0.39, 0.29) is 29.5 Å². The minimum Gasteiger partial charge on any atom is -0.453 e. The molecule has 1 aliphatic heterocycles. The van der Waals surface area contributed by atoms with Crippen molar-refractivity contribution in [2.24, 2.45) is 0 Å². The average Bonchev–Trinajstić information content (AvgIpc) is 2.78. The van der Waals surface area contributed by atoms with Gasteiger partial charge in [-0.2, -0.15) is 0 Å². The van der Waals surface area contributed by atoms with Crippen LogP contribution in [0.4, 0.5) is 14.9 Å². The van der Waals surface area contributed by atoms with Gasteiger partial charge in [-0.15, -0.1) is 0 Å². The Bertz CT molecular complexity index is 565. The number of hydrogen-bond donors (Lipinski definition) is 1. The Morgan fingerprint density at radius 1 is 1.45 bits per heavy atom. The van der Waals surface area contributed by atoms with Crippen LogP contribution in [0.2, 0.25) is 0 Å². The molecule has 1 heterocycles.